The van der Waals surface area contributed by atoms with E-state index >= 15 is 0 Å². The molecule has 1 aliphatic heterocycles. The average Bonchev–Trinajstić information content (AvgIpc) is 3.22. The quantitative estimate of drug-likeness (QED) is 0.801. The van der Waals surface area contributed by atoms with E-state index in [1.165, 1.54) is 13.2 Å². The second-order valence-electron chi connectivity index (χ2n) is 7.27. The van der Waals surface area contributed by atoms with Crippen molar-refractivity contribution in [2.75, 3.05) is 13.7 Å². The van der Waals surface area contributed by atoms with Crippen molar-refractivity contribution < 1.29 is 23.2 Å². The highest BCUT2D eigenvalue weighted by atomic mass is 19.1. The topological polar surface area (TPSA) is 64.8 Å². The monoisotopic (exact) mass is 362 g/mol. The Labute approximate surface area is 151 Å². The third kappa shape index (κ3) is 3.66. The van der Waals surface area contributed by atoms with Gasteiger partial charge in [0.25, 0.3) is 0 Å². The van der Waals surface area contributed by atoms with Crippen molar-refractivity contribution in [3.05, 3.63) is 35.8 Å². The number of para-hydroxylation sites is 1. The predicted octanol–water partition coefficient (Wildman–Crippen LogP) is 4.56. The fraction of sp³-hybridized carbons (Fsp3) is 0.474. The Hall–Kier alpha value is -2.57. The molecule has 1 aromatic heterocycles. The molecule has 3 rings (SSSR count). The second-order valence-corrected chi connectivity index (χ2v) is 7.27. The fourth-order valence-electron chi connectivity index (χ4n) is 3.09. The molecule has 0 spiro atoms. The van der Waals surface area contributed by atoms with Crippen molar-refractivity contribution in [2.45, 2.75) is 45.3 Å². The molecule has 0 unspecified atom stereocenters. The molecule has 140 valence electrons. The number of methoxy groups -OCH3 is 1. The molecule has 1 fully saturated rings. The molecule has 26 heavy (non-hydrogen) atoms. The van der Waals surface area contributed by atoms with E-state index in [1.807, 2.05) is 20.8 Å². The molecule has 0 aliphatic carbocycles. The highest BCUT2D eigenvalue weighted by molar-refractivity contribution is 5.70. The summed E-state index contributed by atoms with van der Waals surface area (Å²) in [7, 11) is 1.41. The molecule has 0 radical (unpaired) electrons. The van der Waals surface area contributed by atoms with E-state index in [2.05, 4.69) is 5.16 Å². The van der Waals surface area contributed by atoms with Gasteiger partial charge >= 0.3 is 6.09 Å². The second kappa shape index (κ2) is 6.97. The van der Waals surface area contributed by atoms with Crippen LogP contribution in [0, 0.1) is 5.82 Å². The third-order valence-corrected chi connectivity index (χ3v) is 4.18. The van der Waals surface area contributed by atoms with Gasteiger partial charge in [-0.15, -0.1) is 0 Å². The summed E-state index contributed by atoms with van der Waals surface area (Å²) in [6.07, 6.45) is 1.23. The van der Waals surface area contributed by atoms with Crippen LogP contribution >= 0.6 is 0 Å². The molecule has 1 atom stereocenters. The number of carbonyl (C=O) groups is 1. The lowest BCUT2D eigenvalue weighted by molar-refractivity contribution is 0.0204. The minimum Gasteiger partial charge on any atom is -0.493 e. The number of hydrogen-bond acceptors (Lipinski definition) is 5. The Morgan fingerprint density at radius 2 is 2.15 bits per heavy atom. The Morgan fingerprint density at radius 1 is 1.38 bits per heavy atom. The van der Waals surface area contributed by atoms with Gasteiger partial charge in [0.1, 0.15) is 11.3 Å². The molecule has 1 saturated heterocycles. The predicted molar refractivity (Wildman–Crippen MR) is 93.4 cm³/mol. The highest BCUT2D eigenvalue weighted by Gasteiger charge is 2.35. The molecule has 6 nitrogen and oxygen atoms in total. The molecule has 2 heterocycles. The minimum atomic E-state index is -0.564. The van der Waals surface area contributed by atoms with Gasteiger partial charge < -0.3 is 14.0 Å². The van der Waals surface area contributed by atoms with Crippen LogP contribution in [0.25, 0.3) is 11.3 Å². The lowest BCUT2D eigenvalue weighted by atomic mass is 10.1. The zero-order valence-electron chi connectivity index (χ0n) is 15.4. The van der Waals surface area contributed by atoms with Gasteiger partial charge in [-0.2, -0.15) is 0 Å². The Kier molecular flexibility index (Phi) is 4.89. The van der Waals surface area contributed by atoms with E-state index < -0.39 is 11.4 Å². The van der Waals surface area contributed by atoms with E-state index in [0.29, 0.717) is 23.6 Å². The average molecular weight is 362 g/mol. The van der Waals surface area contributed by atoms with Crippen LogP contribution in [0.4, 0.5) is 9.18 Å². The Balaban J connectivity index is 1.85. The SMILES string of the molecule is COc1c(F)cccc1-c1cc([C@@H]2CCCN2C(=O)OC(C)(C)C)on1. The molecular weight excluding hydrogens is 339 g/mol. The molecule has 2 aromatic rings. The van der Waals surface area contributed by atoms with Gasteiger partial charge in [-0.3, -0.25) is 4.90 Å². The highest BCUT2D eigenvalue weighted by Crippen LogP contribution is 2.37. The third-order valence-electron chi connectivity index (χ3n) is 4.18. The van der Waals surface area contributed by atoms with Gasteiger partial charge in [-0.25, -0.2) is 9.18 Å². The number of nitrogens with zero attached hydrogens (tertiary/aromatic N) is 2. The number of likely N-dealkylation sites (tertiary alicyclic amines) is 1. The normalized spacial score (nSPS) is 17.4. The van der Waals surface area contributed by atoms with Crippen LogP contribution in [0.2, 0.25) is 0 Å². The number of carbonyl (C=O) groups excluding carboxylic acids is 1. The van der Waals surface area contributed by atoms with E-state index in [4.69, 9.17) is 14.0 Å². The zero-order chi connectivity index (χ0) is 18.9. The van der Waals surface area contributed by atoms with E-state index in [1.54, 1.807) is 23.1 Å². The summed E-state index contributed by atoms with van der Waals surface area (Å²) in [5, 5.41) is 4.05. The molecule has 1 amide bonds. The van der Waals surface area contributed by atoms with Crippen molar-refractivity contribution in [1.82, 2.24) is 10.1 Å². The largest absolute Gasteiger partial charge is 0.493 e. The molecule has 1 aromatic carbocycles. The van der Waals surface area contributed by atoms with Crippen LogP contribution in [0.5, 0.6) is 5.75 Å². The van der Waals surface area contributed by atoms with Crippen molar-refractivity contribution in [3.63, 3.8) is 0 Å². The van der Waals surface area contributed by atoms with Gasteiger partial charge in [0.15, 0.2) is 17.3 Å². The van der Waals surface area contributed by atoms with E-state index in [-0.39, 0.29) is 17.9 Å². The van der Waals surface area contributed by atoms with Crippen molar-refractivity contribution in [1.29, 1.82) is 0 Å². The van der Waals surface area contributed by atoms with Crippen LogP contribution < -0.4 is 4.74 Å². The van der Waals surface area contributed by atoms with Gasteiger partial charge in [0, 0.05) is 18.2 Å². The number of aromatic nitrogens is 1. The summed E-state index contributed by atoms with van der Waals surface area (Å²) < 4.78 is 30.0. The number of hydrogen-bond donors (Lipinski definition) is 0. The first kappa shape index (κ1) is 18.2. The number of halogens is 1. The van der Waals surface area contributed by atoms with Crippen LogP contribution in [0.1, 0.15) is 45.4 Å². The fourth-order valence-corrected chi connectivity index (χ4v) is 3.09. The lowest BCUT2D eigenvalue weighted by Gasteiger charge is -2.27. The first-order chi connectivity index (χ1) is 12.3. The maximum absolute atomic E-state index is 13.9. The molecule has 0 N–H and O–H groups in total. The number of ether oxygens (including phenoxy) is 2. The first-order valence-corrected chi connectivity index (χ1v) is 8.59. The van der Waals surface area contributed by atoms with Gasteiger partial charge in [-0.05, 0) is 45.7 Å². The number of rotatable bonds is 3. The van der Waals surface area contributed by atoms with Crippen LogP contribution in [0.3, 0.4) is 0 Å². The molecule has 1 aliphatic rings. The van der Waals surface area contributed by atoms with Crippen LogP contribution in [0.15, 0.2) is 28.8 Å². The lowest BCUT2D eigenvalue weighted by Crippen LogP contribution is -2.36. The summed E-state index contributed by atoms with van der Waals surface area (Å²) in [4.78, 5) is 14.1. The van der Waals surface area contributed by atoms with Crippen LogP contribution in [-0.4, -0.2) is 35.4 Å². The Morgan fingerprint density at radius 3 is 2.85 bits per heavy atom. The minimum absolute atomic E-state index is 0.114. The zero-order valence-corrected chi connectivity index (χ0v) is 15.4. The number of amides is 1. The summed E-state index contributed by atoms with van der Waals surface area (Å²) in [6.45, 7) is 6.09. The summed E-state index contributed by atoms with van der Waals surface area (Å²) >= 11 is 0. The van der Waals surface area contributed by atoms with E-state index in [9.17, 15) is 9.18 Å². The molecule has 7 heteroatoms. The standard InChI is InChI=1S/C19H23FN2O4/c1-19(2,3)25-18(23)22-10-6-9-15(22)16-11-14(21-26-16)12-7-5-8-13(20)17(12)24-4/h5,7-8,11,15H,6,9-10H2,1-4H3/t15-/m0/s1. The maximum Gasteiger partial charge on any atom is 0.410 e. The smallest absolute Gasteiger partial charge is 0.410 e. The summed E-state index contributed by atoms with van der Waals surface area (Å²) in [5.74, 6) is 0.197. The van der Waals surface area contributed by atoms with Gasteiger partial charge in [0.2, 0.25) is 0 Å². The summed E-state index contributed by atoms with van der Waals surface area (Å²) in [5.41, 5.74) is 0.405. The van der Waals surface area contributed by atoms with Crippen LogP contribution in [-0.2, 0) is 4.74 Å². The maximum atomic E-state index is 13.9. The number of benzene rings is 1. The summed E-state index contributed by atoms with van der Waals surface area (Å²) in [6, 6.07) is 6.11. The Bertz CT molecular complexity index is 797. The van der Waals surface area contributed by atoms with E-state index in [0.717, 1.165) is 12.8 Å². The van der Waals surface area contributed by atoms with Gasteiger partial charge in [0.05, 0.1) is 13.2 Å². The first-order valence-electron chi connectivity index (χ1n) is 8.59. The molecule has 0 bridgehead atoms. The van der Waals surface area contributed by atoms with Crippen molar-refractivity contribution in [2.24, 2.45) is 0 Å². The molecular formula is C19H23FN2O4. The van der Waals surface area contributed by atoms with Crippen molar-refractivity contribution in [3.8, 4) is 17.0 Å². The van der Waals surface area contributed by atoms with Gasteiger partial charge in [-0.1, -0.05) is 11.2 Å². The van der Waals surface area contributed by atoms with Crippen molar-refractivity contribution >= 4 is 6.09 Å². The molecule has 0 saturated carbocycles.